The van der Waals surface area contributed by atoms with Crippen LogP contribution >= 0.6 is 0 Å². The number of hydrogen-bond acceptors (Lipinski definition) is 3. The second kappa shape index (κ2) is 5.84. The molecule has 0 radical (unpaired) electrons. The first-order valence-corrected chi connectivity index (χ1v) is 8.54. The lowest BCUT2D eigenvalue weighted by Crippen LogP contribution is -2.38. The van der Waals surface area contributed by atoms with E-state index in [0.717, 1.165) is 18.4 Å². The summed E-state index contributed by atoms with van der Waals surface area (Å²) in [5, 5.41) is 9.22. The molecule has 0 bridgehead atoms. The number of aryl methyl sites for hydroxylation is 1. The molecule has 1 saturated heterocycles. The van der Waals surface area contributed by atoms with Crippen molar-refractivity contribution in [3.8, 4) is 0 Å². The van der Waals surface area contributed by atoms with Crippen molar-refractivity contribution in [3.63, 3.8) is 0 Å². The van der Waals surface area contributed by atoms with Crippen molar-refractivity contribution in [1.29, 1.82) is 0 Å². The molecule has 1 aromatic carbocycles. The van der Waals surface area contributed by atoms with E-state index in [2.05, 4.69) is 13.8 Å². The maximum Gasteiger partial charge on any atom is 0.243 e. The van der Waals surface area contributed by atoms with Crippen LogP contribution < -0.4 is 0 Å². The number of aliphatic hydroxyl groups is 1. The molecule has 112 valence electrons. The van der Waals surface area contributed by atoms with Gasteiger partial charge in [0, 0.05) is 12.6 Å². The van der Waals surface area contributed by atoms with Gasteiger partial charge in [-0.3, -0.25) is 0 Å². The third-order valence-corrected chi connectivity index (χ3v) is 6.11. The van der Waals surface area contributed by atoms with E-state index in [1.165, 1.54) is 0 Å². The minimum atomic E-state index is -3.47. The molecule has 20 heavy (non-hydrogen) atoms. The molecule has 1 heterocycles. The third kappa shape index (κ3) is 2.75. The Kier molecular flexibility index (Phi) is 4.52. The van der Waals surface area contributed by atoms with E-state index in [-0.39, 0.29) is 12.6 Å². The monoisotopic (exact) mass is 297 g/mol. The van der Waals surface area contributed by atoms with Gasteiger partial charge in [-0.05, 0) is 42.9 Å². The van der Waals surface area contributed by atoms with Crippen molar-refractivity contribution in [1.82, 2.24) is 4.31 Å². The highest BCUT2D eigenvalue weighted by Gasteiger charge is 2.37. The smallest absolute Gasteiger partial charge is 0.243 e. The van der Waals surface area contributed by atoms with Gasteiger partial charge in [0.15, 0.2) is 0 Å². The highest BCUT2D eigenvalue weighted by atomic mass is 32.2. The molecule has 1 aromatic rings. The Labute approximate surface area is 121 Å². The van der Waals surface area contributed by atoms with Crippen molar-refractivity contribution in [3.05, 3.63) is 29.3 Å². The van der Waals surface area contributed by atoms with Gasteiger partial charge in [-0.2, -0.15) is 4.31 Å². The molecule has 1 atom stereocenters. The molecule has 0 amide bonds. The van der Waals surface area contributed by atoms with E-state index in [4.69, 9.17) is 0 Å². The molecule has 1 fully saturated rings. The molecule has 0 spiro atoms. The van der Waals surface area contributed by atoms with Crippen molar-refractivity contribution in [2.45, 2.75) is 51.2 Å². The molecule has 1 N–H and O–H groups in total. The summed E-state index contributed by atoms with van der Waals surface area (Å²) in [6, 6.07) is 5.20. The van der Waals surface area contributed by atoms with E-state index < -0.39 is 10.0 Å². The largest absolute Gasteiger partial charge is 0.392 e. The van der Waals surface area contributed by atoms with Crippen LogP contribution in [0.1, 0.15) is 37.8 Å². The predicted octanol–water partition coefficient (Wildman–Crippen LogP) is 2.30. The maximum atomic E-state index is 12.9. The average Bonchev–Trinajstić information content (AvgIpc) is 2.89. The van der Waals surface area contributed by atoms with Crippen LogP contribution in [-0.4, -0.2) is 30.4 Å². The summed E-state index contributed by atoms with van der Waals surface area (Å²) in [6.45, 7) is 6.38. The normalized spacial score (nSPS) is 20.8. The minimum Gasteiger partial charge on any atom is -0.392 e. The van der Waals surface area contributed by atoms with Crippen LogP contribution in [0.25, 0.3) is 0 Å². The van der Waals surface area contributed by atoms with Gasteiger partial charge in [0.2, 0.25) is 10.0 Å². The zero-order valence-electron chi connectivity index (χ0n) is 12.3. The molecule has 5 heteroatoms. The Morgan fingerprint density at radius 2 is 2.10 bits per heavy atom. The van der Waals surface area contributed by atoms with Gasteiger partial charge in [0.05, 0.1) is 11.5 Å². The van der Waals surface area contributed by atoms with E-state index in [0.29, 0.717) is 22.9 Å². The Morgan fingerprint density at radius 1 is 1.40 bits per heavy atom. The van der Waals surface area contributed by atoms with E-state index in [9.17, 15) is 13.5 Å². The van der Waals surface area contributed by atoms with Crippen LogP contribution in [0.5, 0.6) is 0 Å². The predicted molar refractivity (Wildman–Crippen MR) is 78.9 cm³/mol. The second-order valence-corrected chi connectivity index (χ2v) is 7.69. The van der Waals surface area contributed by atoms with Crippen LogP contribution in [0.15, 0.2) is 23.1 Å². The fourth-order valence-electron chi connectivity index (χ4n) is 2.88. The summed E-state index contributed by atoms with van der Waals surface area (Å²) < 4.78 is 27.4. The number of benzene rings is 1. The lowest BCUT2D eigenvalue weighted by Gasteiger charge is -2.27. The Hall–Kier alpha value is -0.910. The summed E-state index contributed by atoms with van der Waals surface area (Å²) in [5.74, 6) is 0.314. The molecule has 1 aliphatic rings. The lowest BCUT2D eigenvalue weighted by molar-refractivity contribution is 0.281. The van der Waals surface area contributed by atoms with Crippen molar-refractivity contribution < 1.29 is 13.5 Å². The first-order chi connectivity index (χ1) is 9.37. The Bertz CT molecular complexity index is 581. The minimum absolute atomic E-state index is 0.0807. The SMILES string of the molecule is Cc1ccc(CO)cc1S(=O)(=O)N1CCCC1C(C)C. The van der Waals surface area contributed by atoms with Gasteiger partial charge >= 0.3 is 0 Å². The van der Waals surface area contributed by atoms with Gasteiger partial charge in [-0.1, -0.05) is 26.0 Å². The first-order valence-electron chi connectivity index (χ1n) is 7.10. The number of nitrogens with zero attached hydrogens (tertiary/aromatic N) is 1. The van der Waals surface area contributed by atoms with E-state index in [1.807, 2.05) is 0 Å². The molecule has 4 nitrogen and oxygen atoms in total. The summed E-state index contributed by atoms with van der Waals surface area (Å²) in [6.07, 6.45) is 1.84. The van der Waals surface area contributed by atoms with Crippen molar-refractivity contribution in [2.75, 3.05) is 6.54 Å². The highest BCUT2D eigenvalue weighted by Crippen LogP contribution is 2.31. The lowest BCUT2D eigenvalue weighted by atomic mass is 10.0. The Balaban J connectivity index is 2.44. The number of rotatable bonds is 4. The van der Waals surface area contributed by atoms with Gasteiger partial charge in [-0.25, -0.2) is 8.42 Å². The van der Waals surface area contributed by atoms with Crippen LogP contribution in [0.2, 0.25) is 0 Å². The van der Waals surface area contributed by atoms with Crippen LogP contribution in [0, 0.1) is 12.8 Å². The third-order valence-electron chi connectivity index (χ3n) is 4.04. The highest BCUT2D eigenvalue weighted by molar-refractivity contribution is 7.89. The van der Waals surface area contributed by atoms with Gasteiger partial charge < -0.3 is 5.11 Å². The number of aliphatic hydroxyl groups excluding tert-OH is 1. The quantitative estimate of drug-likeness (QED) is 0.927. The zero-order valence-corrected chi connectivity index (χ0v) is 13.2. The standard InChI is InChI=1S/C15H23NO3S/c1-11(2)14-5-4-8-16(14)20(18,19)15-9-13(10-17)7-6-12(15)3/h6-7,9,11,14,17H,4-5,8,10H2,1-3H3. The zero-order chi connectivity index (χ0) is 14.9. The van der Waals surface area contributed by atoms with Crippen LogP contribution in [0.4, 0.5) is 0 Å². The summed E-state index contributed by atoms with van der Waals surface area (Å²) >= 11 is 0. The molecule has 0 saturated carbocycles. The molecule has 0 aliphatic carbocycles. The number of sulfonamides is 1. The van der Waals surface area contributed by atoms with Crippen molar-refractivity contribution in [2.24, 2.45) is 5.92 Å². The fraction of sp³-hybridized carbons (Fsp3) is 0.600. The summed E-state index contributed by atoms with van der Waals surface area (Å²) in [7, 11) is -3.47. The topological polar surface area (TPSA) is 57.6 Å². The molecular weight excluding hydrogens is 274 g/mol. The molecular formula is C15H23NO3S. The van der Waals surface area contributed by atoms with Crippen molar-refractivity contribution >= 4 is 10.0 Å². The maximum absolute atomic E-state index is 12.9. The average molecular weight is 297 g/mol. The van der Waals surface area contributed by atoms with Gasteiger partial charge in [0.25, 0.3) is 0 Å². The Morgan fingerprint density at radius 3 is 2.70 bits per heavy atom. The van der Waals surface area contributed by atoms with Gasteiger partial charge in [-0.15, -0.1) is 0 Å². The first kappa shape index (κ1) is 15.5. The second-order valence-electron chi connectivity index (χ2n) is 5.83. The molecule has 1 unspecified atom stereocenters. The fourth-order valence-corrected chi connectivity index (χ4v) is 4.98. The van der Waals surface area contributed by atoms with Crippen LogP contribution in [-0.2, 0) is 16.6 Å². The van der Waals surface area contributed by atoms with Gasteiger partial charge in [0.1, 0.15) is 0 Å². The molecule has 0 aromatic heterocycles. The molecule has 2 rings (SSSR count). The number of hydrogen-bond donors (Lipinski definition) is 1. The molecule has 1 aliphatic heterocycles. The summed E-state index contributed by atoms with van der Waals surface area (Å²) in [4.78, 5) is 0.330. The summed E-state index contributed by atoms with van der Waals surface area (Å²) in [5.41, 5.74) is 1.37. The van der Waals surface area contributed by atoms with Crippen LogP contribution in [0.3, 0.4) is 0 Å². The van der Waals surface area contributed by atoms with E-state index >= 15 is 0 Å². The van der Waals surface area contributed by atoms with E-state index in [1.54, 1.807) is 29.4 Å².